The van der Waals surface area contributed by atoms with Crippen molar-refractivity contribution >= 4 is 23.0 Å². The molecule has 1 saturated carbocycles. The number of rotatable bonds is 5. The Bertz CT molecular complexity index is 452. The van der Waals surface area contributed by atoms with Crippen LogP contribution in [0.5, 0.6) is 0 Å². The van der Waals surface area contributed by atoms with Gasteiger partial charge < -0.3 is 10.6 Å². The maximum absolute atomic E-state index is 5.82. The predicted octanol–water partition coefficient (Wildman–Crippen LogP) is 2.65. The molecule has 0 aromatic carbocycles. The number of aryl methyl sites for hydroxylation is 1. The van der Waals surface area contributed by atoms with Crippen molar-refractivity contribution in [2.75, 3.05) is 11.4 Å². The Hall–Kier alpha value is -1.16. The number of nitrogens with zero attached hydrogens (tertiary/aromatic N) is 2. The molecule has 0 radical (unpaired) electrons. The molecule has 18 heavy (non-hydrogen) atoms. The fourth-order valence-electron chi connectivity index (χ4n) is 2.14. The van der Waals surface area contributed by atoms with Crippen LogP contribution in [0, 0.1) is 12.8 Å². The summed E-state index contributed by atoms with van der Waals surface area (Å²) in [4.78, 5) is 7.49. The zero-order valence-electron chi connectivity index (χ0n) is 11.3. The summed E-state index contributed by atoms with van der Waals surface area (Å²) in [5, 5.41) is 0. The van der Waals surface area contributed by atoms with Gasteiger partial charge in [0.25, 0.3) is 0 Å². The summed E-state index contributed by atoms with van der Waals surface area (Å²) in [7, 11) is 0. The van der Waals surface area contributed by atoms with E-state index < -0.39 is 0 Å². The summed E-state index contributed by atoms with van der Waals surface area (Å²) >= 11 is 5.14. The molecule has 0 unspecified atom stereocenters. The van der Waals surface area contributed by atoms with Gasteiger partial charge in [-0.2, -0.15) is 0 Å². The van der Waals surface area contributed by atoms with Gasteiger partial charge in [0.15, 0.2) is 0 Å². The largest absolute Gasteiger partial charge is 0.389 e. The first-order chi connectivity index (χ1) is 8.49. The van der Waals surface area contributed by atoms with Crippen LogP contribution >= 0.6 is 12.2 Å². The second-order valence-corrected chi connectivity index (χ2v) is 5.91. The van der Waals surface area contributed by atoms with E-state index in [1.165, 1.54) is 12.8 Å². The van der Waals surface area contributed by atoms with Crippen molar-refractivity contribution in [3.05, 3.63) is 23.4 Å². The van der Waals surface area contributed by atoms with E-state index in [4.69, 9.17) is 18.0 Å². The van der Waals surface area contributed by atoms with Crippen LogP contribution in [0.1, 0.15) is 37.9 Å². The molecule has 0 aliphatic heterocycles. The number of hydrogen-bond acceptors (Lipinski definition) is 3. The summed E-state index contributed by atoms with van der Waals surface area (Å²) < 4.78 is 0. The first kappa shape index (κ1) is 13.3. The Morgan fingerprint density at radius 1 is 1.50 bits per heavy atom. The predicted molar refractivity (Wildman–Crippen MR) is 80.1 cm³/mol. The third-order valence-electron chi connectivity index (χ3n) is 3.10. The van der Waals surface area contributed by atoms with Crippen molar-refractivity contribution in [1.82, 2.24) is 4.98 Å². The molecular formula is C14H21N3S. The molecule has 0 amide bonds. The molecule has 98 valence electrons. The molecule has 0 bridgehead atoms. The molecule has 3 nitrogen and oxygen atoms in total. The quantitative estimate of drug-likeness (QED) is 0.829. The topological polar surface area (TPSA) is 42.1 Å². The van der Waals surface area contributed by atoms with Crippen LogP contribution < -0.4 is 10.6 Å². The summed E-state index contributed by atoms with van der Waals surface area (Å²) in [5.74, 6) is 1.57. The highest BCUT2D eigenvalue weighted by Crippen LogP contribution is 2.33. The molecule has 0 spiro atoms. The van der Waals surface area contributed by atoms with Crippen LogP contribution in [0.25, 0.3) is 0 Å². The molecule has 1 aliphatic carbocycles. The van der Waals surface area contributed by atoms with Gasteiger partial charge in [-0.25, -0.2) is 4.98 Å². The Morgan fingerprint density at radius 3 is 2.67 bits per heavy atom. The van der Waals surface area contributed by atoms with E-state index in [1.54, 1.807) is 0 Å². The minimum atomic E-state index is 0.437. The van der Waals surface area contributed by atoms with Crippen LogP contribution in [0.3, 0.4) is 0 Å². The van der Waals surface area contributed by atoms with Gasteiger partial charge in [-0.05, 0) is 37.8 Å². The number of hydrogen-bond donors (Lipinski definition) is 1. The third kappa shape index (κ3) is 2.99. The normalized spacial score (nSPS) is 14.9. The Balaban J connectivity index is 2.38. The fourth-order valence-corrected chi connectivity index (χ4v) is 2.30. The molecule has 1 aromatic rings. The van der Waals surface area contributed by atoms with Gasteiger partial charge in [0.2, 0.25) is 0 Å². The van der Waals surface area contributed by atoms with Crippen molar-refractivity contribution in [3.8, 4) is 0 Å². The minimum Gasteiger partial charge on any atom is -0.389 e. The van der Waals surface area contributed by atoms with Gasteiger partial charge in [0.05, 0.1) is 5.56 Å². The maximum Gasteiger partial charge on any atom is 0.139 e. The van der Waals surface area contributed by atoms with Gasteiger partial charge in [0, 0.05) is 18.3 Å². The molecule has 1 aliphatic rings. The van der Waals surface area contributed by atoms with Gasteiger partial charge in [-0.1, -0.05) is 26.1 Å². The smallest absolute Gasteiger partial charge is 0.139 e. The summed E-state index contributed by atoms with van der Waals surface area (Å²) in [6.45, 7) is 7.47. The lowest BCUT2D eigenvalue weighted by atomic mass is 10.1. The molecule has 1 fully saturated rings. The maximum atomic E-state index is 5.82. The standard InChI is InChI=1S/C14H21N3S/c1-9(2)8-17(11-5-6-11)14-12(13(15)18)7-4-10(3)16-14/h4,7,9,11H,5-6,8H2,1-3H3,(H2,15,18). The Kier molecular flexibility index (Phi) is 3.85. The van der Waals surface area contributed by atoms with Crippen LogP contribution in [-0.2, 0) is 0 Å². The Labute approximate surface area is 114 Å². The van der Waals surface area contributed by atoms with Gasteiger partial charge >= 0.3 is 0 Å². The lowest BCUT2D eigenvalue weighted by Crippen LogP contribution is -2.33. The van der Waals surface area contributed by atoms with E-state index in [0.717, 1.165) is 23.6 Å². The Morgan fingerprint density at radius 2 is 2.17 bits per heavy atom. The molecule has 0 saturated heterocycles. The van der Waals surface area contributed by atoms with Gasteiger partial charge in [-0.15, -0.1) is 0 Å². The average molecular weight is 263 g/mol. The highest BCUT2D eigenvalue weighted by atomic mass is 32.1. The van der Waals surface area contributed by atoms with Crippen LogP contribution in [0.15, 0.2) is 12.1 Å². The van der Waals surface area contributed by atoms with Crippen LogP contribution in [0.2, 0.25) is 0 Å². The molecule has 4 heteroatoms. The molecule has 2 N–H and O–H groups in total. The molecule has 0 atom stereocenters. The van der Waals surface area contributed by atoms with Gasteiger partial charge in [0.1, 0.15) is 10.8 Å². The zero-order chi connectivity index (χ0) is 13.3. The van der Waals surface area contributed by atoms with E-state index in [0.29, 0.717) is 16.9 Å². The SMILES string of the molecule is Cc1ccc(C(N)=S)c(N(CC(C)C)C2CC2)n1. The summed E-state index contributed by atoms with van der Waals surface area (Å²) in [6.07, 6.45) is 2.50. The fraction of sp³-hybridized carbons (Fsp3) is 0.571. The number of aromatic nitrogens is 1. The number of pyridine rings is 1. The van der Waals surface area contributed by atoms with E-state index in [2.05, 4.69) is 23.7 Å². The highest BCUT2D eigenvalue weighted by molar-refractivity contribution is 7.80. The van der Waals surface area contributed by atoms with Crippen molar-refractivity contribution in [2.45, 2.75) is 39.7 Å². The van der Waals surface area contributed by atoms with Crippen LogP contribution in [0.4, 0.5) is 5.82 Å². The first-order valence-corrected chi connectivity index (χ1v) is 6.94. The number of anilines is 1. The second-order valence-electron chi connectivity index (χ2n) is 5.47. The lowest BCUT2D eigenvalue weighted by Gasteiger charge is -2.27. The van der Waals surface area contributed by atoms with E-state index >= 15 is 0 Å². The minimum absolute atomic E-state index is 0.437. The first-order valence-electron chi connectivity index (χ1n) is 6.53. The van der Waals surface area contributed by atoms with Gasteiger partial charge in [-0.3, -0.25) is 0 Å². The van der Waals surface area contributed by atoms with E-state index in [-0.39, 0.29) is 0 Å². The second kappa shape index (κ2) is 5.22. The van der Waals surface area contributed by atoms with E-state index in [9.17, 15) is 0 Å². The number of nitrogens with two attached hydrogens (primary N) is 1. The number of thiocarbonyl (C=S) groups is 1. The monoisotopic (exact) mass is 263 g/mol. The zero-order valence-corrected chi connectivity index (χ0v) is 12.1. The lowest BCUT2D eigenvalue weighted by molar-refractivity contribution is 0.602. The summed E-state index contributed by atoms with van der Waals surface area (Å²) in [6, 6.07) is 4.59. The third-order valence-corrected chi connectivity index (χ3v) is 3.32. The summed E-state index contributed by atoms with van der Waals surface area (Å²) in [5.41, 5.74) is 7.74. The van der Waals surface area contributed by atoms with Crippen molar-refractivity contribution in [3.63, 3.8) is 0 Å². The molecule has 2 rings (SSSR count). The van der Waals surface area contributed by atoms with E-state index in [1.807, 2.05) is 19.1 Å². The molecular weight excluding hydrogens is 242 g/mol. The molecule has 1 aromatic heterocycles. The van der Waals surface area contributed by atoms with Crippen molar-refractivity contribution in [1.29, 1.82) is 0 Å². The highest BCUT2D eigenvalue weighted by Gasteiger charge is 2.32. The average Bonchev–Trinajstić information content (AvgIpc) is 3.08. The van der Waals surface area contributed by atoms with Crippen molar-refractivity contribution in [2.24, 2.45) is 11.7 Å². The molecule has 1 heterocycles. The van der Waals surface area contributed by atoms with Crippen LogP contribution in [-0.4, -0.2) is 22.6 Å². The van der Waals surface area contributed by atoms with Crippen molar-refractivity contribution < 1.29 is 0 Å².